The predicted octanol–water partition coefficient (Wildman–Crippen LogP) is 3.23. The molecule has 1 amide bonds. The minimum atomic E-state index is -4.57. The largest absolute Gasteiger partial charge is 0.417 e. The topological polar surface area (TPSA) is 38.3 Å². The van der Waals surface area contributed by atoms with Crippen LogP contribution in [0.25, 0.3) is 0 Å². The van der Waals surface area contributed by atoms with E-state index in [2.05, 4.69) is 21.2 Å². The molecule has 0 aromatic heterocycles. The van der Waals surface area contributed by atoms with Crippen LogP contribution in [0.2, 0.25) is 0 Å². The third-order valence-corrected chi connectivity index (χ3v) is 2.84. The van der Waals surface area contributed by atoms with Crippen LogP contribution in [0, 0.1) is 0 Å². The molecule has 0 spiro atoms. The van der Waals surface area contributed by atoms with Crippen molar-refractivity contribution >= 4 is 21.8 Å². The van der Waals surface area contributed by atoms with Gasteiger partial charge in [-0.05, 0) is 24.6 Å². The van der Waals surface area contributed by atoms with Gasteiger partial charge in [-0.25, -0.2) is 0 Å². The van der Waals surface area contributed by atoms with Gasteiger partial charge in [0.15, 0.2) is 0 Å². The van der Waals surface area contributed by atoms with E-state index in [1.54, 1.807) is 0 Å². The lowest BCUT2D eigenvalue weighted by Gasteiger charge is -2.13. The summed E-state index contributed by atoms with van der Waals surface area (Å²) in [6, 6.07) is 3.45. The summed E-state index contributed by atoms with van der Waals surface area (Å²) in [7, 11) is 1.51. The number of methoxy groups -OCH3 is 1. The van der Waals surface area contributed by atoms with E-state index in [-0.39, 0.29) is 16.6 Å². The third-order valence-electron chi connectivity index (χ3n) is 2.34. The summed E-state index contributed by atoms with van der Waals surface area (Å²) >= 11 is 2.96. The fourth-order valence-electron chi connectivity index (χ4n) is 1.46. The minimum Gasteiger partial charge on any atom is -0.385 e. The fourth-order valence-corrected chi connectivity index (χ4v) is 1.82. The summed E-state index contributed by atoms with van der Waals surface area (Å²) in [4.78, 5) is 11.7. The van der Waals surface area contributed by atoms with Gasteiger partial charge in [0, 0.05) is 24.7 Å². The molecule has 106 valence electrons. The zero-order valence-corrected chi connectivity index (χ0v) is 11.8. The first kappa shape index (κ1) is 16.0. The van der Waals surface area contributed by atoms with Crippen molar-refractivity contribution in [3.05, 3.63) is 33.8 Å². The standard InChI is InChI=1S/C12H13BrF3NO2/c1-19-6-2-5-17-11(18)9-4-3-8(13)7-10(9)12(14,15)16/h3-4,7H,2,5-6H2,1H3,(H,17,18). The average Bonchev–Trinajstić information content (AvgIpc) is 2.33. The molecule has 0 saturated carbocycles. The first-order valence-electron chi connectivity index (χ1n) is 5.50. The van der Waals surface area contributed by atoms with E-state index >= 15 is 0 Å². The van der Waals surface area contributed by atoms with E-state index < -0.39 is 17.6 Å². The monoisotopic (exact) mass is 339 g/mol. The van der Waals surface area contributed by atoms with Crippen molar-refractivity contribution < 1.29 is 22.7 Å². The van der Waals surface area contributed by atoms with Gasteiger partial charge in [-0.2, -0.15) is 13.2 Å². The van der Waals surface area contributed by atoms with Gasteiger partial charge in [-0.15, -0.1) is 0 Å². The van der Waals surface area contributed by atoms with Gasteiger partial charge in [-0.1, -0.05) is 15.9 Å². The molecule has 19 heavy (non-hydrogen) atoms. The van der Waals surface area contributed by atoms with Crippen molar-refractivity contribution in [2.75, 3.05) is 20.3 Å². The highest BCUT2D eigenvalue weighted by Gasteiger charge is 2.35. The van der Waals surface area contributed by atoms with Gasteiger partial charge in [0.2, 0.25) is 0 Å². The Balaban J connectivity index is 2.85. The first-order valence-corrected chi connectivity index (χ1v) is 6.29. The molecule has 0 unspecified atom stereocenters. The lowest BCUT2D eigenvalue weighted by molar-refractivity contribution is -0.138. The van der Waals surface area contributed by atoms with Crippen molar-refractivity contribution in [2.24, 2.45) is 0 Å². The number of carbonyl (C=O) groups is 1. The molecule has 3 nitrogen and oxygen atoms in total. The number of halogens is 4. The Bertz CT molecular complexity index is 449. The third kappa shape index (κ3) is 4.83. The fraction of sp³-hybridized carbons (Fsp3) is 0.417. The summed E-state index contributed by atoms with van der Waals surface area (Å²) in [5.41, 5.74) is -1.33. The molecule has 0 aliphatic carbocycles. The maximum atomic E-state index is 12.8. The molecule has 0 bridgehead atoms. The number of hydrogen-bond donors (Lipinski definition) is 1. The molecular formula is C12H13BrF3NO2. The molecule has 1 rings (SSSR count). The zero-order valence-electron chi connectivity index (χ0n) is 10.2. The first-order chi connectivity index (χ1) is 8.86. The average molecular weight is 340 g/mol. The van der Waals surface area contributed by atoms with Gasteiger partial charge in [-0.3, -0.25) is 4.79 Å². The molecule has 0 aliphatic rings. The van der Waals surface area contributed by atoms with E-state index in [1.165, 1.54) is 13.2 Å². The number of ether oxygens (including phenoxy) is 1. The van der Waals surface area contributed by atoms with E-state index in [4.69, 9.17) is 4.74 Å². The van der Waals surface area contributed by atoms with Gasteiger partial charge in [0.1, 0.15) is 0 Å². The van der Waals surface area contributed by atoms with E-state index in [1.807, 2.05) is 0 Å². The molecule has 1 aromatic carbocycles. The molecule has 0 heterocycles. The van der Waals surface area contributed by atoms with Crippen LogP contribution in [-0.4, -0.2) is 26.2 Å². The Labute approximate surface area is 117 Å². The summed E-state index contributed by atoms with van der Waals surface area (Å²) in [6.07, 6.45) is -4.02. The predicted molar refractivity (Wildman–Crippen MR) is 68.0 cm³/mol. The summed E-state index contributed by atoms with van der Waals surface area (Å²) in [5, 5.41) is 2.43. The second-order valence-electron chi connectivity index (χ2n) is 3.79. The lowest BCUT2D eigenvalue weighted by atomic mass is 10.1. The van der Waals surface area contributed by atoms with Crippen LogP contribution in [0.15, 0.2) is 22.7 Å². The Kier molecular flexibility index (Phi) is 5.81. The Morgan fingerprint density at radius 3 is 2.68 bits per heavy atom. The number of hydrogen-bond acceptors (Lipinski definition) is 2. The normalized spacial score (nSPS) is 11.4. The minimum absolute atomic E-state index is 0.264. The Morgan fingerprint density at radius 1 is 1.42 bits per heavy atom. The molecule has 7 heteroatoms. The van der Waals surface area contributed by atoms with E-state index in [0.29, 0.717) is 13.0 Å². The van der Waals surface area contributed by atoms with Crippen LogP contribution in [0.5, 0.6) is 0 Å². The van der Waals surface area contributed by atoms with Crippen molar-refractivity contribution in [1.82, 2.24) is 5.32 Å². The SMILES string of the molecule is COCCCNC(=O)c1ccc(Br)cc1C(F)(F)F. The molecule has 0 aliphatic heterocycles. The van der Waals surface area contributed by atoms with E-state index in [0.717, 1.165) is 12.1 Å². The smallest absolute Gasteiger partial charge is 0.385 e. The van der Waals surface area contributed by atoms with Crippen molar-refractivity contribution in [1.29, 1.82) is 0 Å². The van der Waals surface area contributed by atoms with Crippen molar-refractivity contribution in [3.8, 4) is 0 Å². The summed E-state index contributed by atoms with van der Waals surface area (Å²) in [5.74, 6) is -0.740. The van der Waals surface area contributed by atoms with Gasteiger partial charge in [0.05, 0.1) is 11.1 Å². The molecular weight excluding hydrogens is 327 g/mol. The second-order valence-corrected chi connectivity index (χ2v) is 4.71. The molecule has 0 atom stereocenters. The quantitative estimate of drug-likeness (QED) is 0.836. The van der Waals surface area contributed by atoms with E-state index in [9.17, 15) is 18.0 Å². The maximum Gasteiger partial charge on any atom is 0.417 e. The molecule has 0 saturated heterocycles. The second kappa shape index (κ2) is 6.91. The summed E-state index contributed by atoms with van der Waals surface area (Å²) < 4.78 is 43.5. The highest BCUT2D eigenvalue weighted by molar-refractivity contribution is 9.10. The summed E-state index contributed by atoms with van der Waals surface area (Å²) in [6.45, 7) is 0.701. The van der Waals surface area contributed by atoms with Crippen LogP contribution in [0.1, 0.15) is 22.3 Å². The van der Waals surface area contributed by atoms with Gasteiger partial charge < -0.3 is 10.1 Å². The van der Waals surface area contributed by atoms with Gasteiger partial charge >= 0.3 is 6.18 Å². The van der Waals surface area contributed by atoms with Crippen LogP contribution in [0.4, 0.5) is 13.2 Å². The van der Waals surface area contributed by atoms with Crippen LogP contribution in [-0.2, 0) is 10.9 Å². The van der Waals surface area contributed by atoms with Crippen LogP contribution in [0.3, 0.4) is 0 Å². The van der Waals surface area contributed by atoms with Gasteiger partial charge in [0.25, 0.3) is 5.91 Å². The Morgan fingerprint density at radius 2 is 2.11 bits per heavy atom. The number of carbonyl (C=O) groups excluding carboxylic acids is 1. The van der Waals surface area contributed by atoms with Crippen LogP contribution < -0.4 is 5.32 Å². The van der Waals surface area contributed by atoms with Crippen molar-refractivity contribution in [3.63, 3.8) is 0 Å². The molecule has 1 N–H and O–H groups in total. The number of amides is 1. The number of alkyl halides is 3. The maximum absolute atomic E-state index is 12.8. The van der Waals surface area contributed by atoms with Crippen molar-refractivity contribution in [2.45, 2.75) is 12.6 Å². The highest BCUT2D eigenvalue weighted by Crippen LogP contribution is 2.33. The molecule has 0 fully saturated rings. The number of rotatable bonds is 5. The Hall–Kier alpha value is -1.08. The lowest BCUT2D eigenvalue weighted by Crippen LogP contribution is -2.27. The number of nitrogens with one attached hydrogen (secondary N) is 1. The molecule has 1 aromatic rings. The molecule has 0 radical (unpaired) electrons. The number of benzene rings is 1. The van der Waals surface area contributed by atoms with Crippen LogP contribution >= 0.6 is 15.9 Å². The highest BCUT2D eigenvalue weighted by atomic mass is 79.9. The zero-order chi connectivity index (χ0) is 14.5.